The van der Waals surface area contributed by atoms with Gasteiger partial charge in [0.15, 0.2) is 5.82 Å². The van der Waals surface area contributed by atoms with E-state index >= 15 is 0 Å². The first-order chi connectivity index (χ1) is 9.36. The summed E-state index contributed by atoms with van der Waals surface area (Å²) in [5, 5.41) is 7.40. The van der Waals surface area contributed by atoms with Crippen LogP contribution in [0.5, 0.6) is 0 Å². The number of methoxy groups -OCH3 is 1. The van der Waals surface area contributed by atoms with Crippen molar-refractivity contribution in [3.05, 3.63) is 41.5 Å². The molecule has 0 bridgehead atoms. The predicted octanol–water partition coefficient (Wildman–Crippen LogP) is 2.01. The summed E-state index contributed by atoms with van der Waals surface area (Å²) in [6.45, 7) is 1.45. The van der Waals surface area contributed by atoms with Gasteiger partial charge in [0.2, 0.25) is 5.89 Å². The molecule has 3 rings (SSSR count). The van der Waals surface area contributed by atoms with E-state index < -0.39 is 0 Å². The Morgan fingerprint density at radius 1 is 1.42 bits per heavy atom. The Kier molecular flexibility index (Phi) is 3.46. The van der Waals surface area contributed by atoms with Crippen molar-refractivity contribution in [2.45, 2.75) is 18.8 Å². The summed E-state index contributed by atoms with van der Waals surface area (Å²) in [5.41, 5.74) is 2.51. The molecule has 1 atom stereocenters. The average molecular weight is 259 g/mol. The number of benzene rings is 1. The molecule has 2 aromatic rings. The molecule has 1 aliphatic heterocycles. The number of hydrogen-bond donors (Lipinski definition) is 1. The first kappa shape index (κ1) is 12.2. The molecule has 0 fully saturated rings. The maximum absolute atomic E-state index is 5.36. The third-order valence-corrected chi connectivity index (χ3v) is 3.39. The number of aromatic nitrogens is 2. The Morgan fingerprint density at radius 3 is 3.21 bits per heavy atom. The normalized spacial score (nSPS) is 17.8. The van der Waals surface area contributed by atoms with Crippen molar-refractivity contribution in [1.82, 2.24) is 10.1 Å². The van der Waals surface area contributed by atoms with E-state index in [1.54, 1.807) is 7.11 Å². The van der Waals surface area contributed by atoms with Gasteiger partial charge in [-0.3, -0.25) is 0 Å². The van der Waals surface area contributed by atoms with E-state index in [4.69, 9.17) is 9.26 Å². The number of rotatable bonds is 4. The van der Waals surface area contributed by atoms with E-state index in [9.17, 15) is 0 Å². The van der Waals surface area contributed by atoms with Crippen molar-refractivity contribution in [3.63, 3.8) is 0 Å². The lowest BCUT2D eigenvalue weighted by atomic mass is 9.94. The van der Waals surface area contributed by atoms with Gasteiger partial charge in [-0.15, -0.1) is 0 Å². The fourth-order valence-corrected chi connectivity index (χ4v) is 2.34. The molecular weight excluding hydrogens is 242 g/mol. The van der Waals surface area contributed by atoms with Gasteiger partial charge in [-0.1, -0.05) is 23.4 Å². The van der Waals surface area contributed by atoms with Crippen LogP contribution in [0.2, 0.25) is 0 Å². The molecule has 100 valence electrons. The van der Waals surface area contributed by atoms with Crippen molar-refractivity contribution < 1.29 is 9.26 Å². The molecule has 2 heterocycles. The molecule has 1 aliphatic rings. The number of nitrogens with one attached hydrogen (secondary N) is 1. The molecule has 0 saturated heterocycles. The fraction of sp³-hybridized carbons (Fsp3) is 0.429. The Labute approximate surface area is 112 Å². The van der Waals surface area contributed by atoms with Crippen LogP contribution < -0.4 is 5.32 Å². The third kappa shape index (κ3) is 2.61. The predicted molar refractivity (Wildman–Crippen MR) is 71.3 cm³/mol. The van der Waals surface area contributed by atoms with Gasteiger partial charge in [-0.2, -0.15) is 4.98 Å². The molecule has 19 heavy (non-hydrogen) atoms. The van der Waals surface area contributed by atoms with Gasteiger partial charge < -0.3 is 14.6 Å². The average Bonchev–Trinajstić information content (AvgIpc) is 2.93. The highest BCUT2D eigenvalue weighted by molar-refractivity contribution is 5.53. The first-order valence-corrected chi connectivity index (χ1v) is 6.50. The minimum Gasteiger partial charge on any atom is -0.384 e. The first-order valence-electron chi connectivity index (χ1n) is 6.50. The Bertz CT molecular complexity index is 553. The standard InChI is InChI=1S/C14H17N3O2/c1-18-7-6-13-16-14(19-17-13)11-8-10-4-2-3-5-12(10)15-9-11/h2-5,11,15H,6-9H2,1H3. The monoisotopic (exact) mass is 259 g/mol. The lowest BCUT2D eigenvalue weighted by Gasteiger charge is -2.23. The van der Waals surface area contributed by atoms with Crippen molar-refractivity contribution in [2.24, 2.45) is 0 Å². The highest BCUT2D eigenvalue weighted by atomic mass is 16.5. The Hall–Kier alpha value is -1.88. The number of anilines is 1. The van der Waals surface area contributed by atoms with Gasteiger partial charge in [0.25, 0.3) is 0 Å². The van der Waals surface area contributed by atoms with E-state index in [1.165, 1.54) is 11.3 Å². The van der Waals surface area contributed by atoms with Crippen LogP contribution in [0.15, 0.2) is 28.8 Å². The molecule has 0 saturated carbocycles. The Balaban J connectivity index is 1.72. The van der Waals surface area contributed by atoms with E-state index in [0.29, 0.717) is 18.9 Å². The quantitative estimate of drug-likeness (QED) is 0.910. The summed E-state index contributed by atoms with van der Waals surface area (Å²) in [6, 6.07) is 8.34. The summed E-state index contributed by atoms with van der Waals surface area (Å²) in [6.07, 6.45) is 1.63. The second-order valence-corrected chi connectivity index (χ2v) is 4.73. The zero-order chi connectivity index (χ0) is 13.1. The summed E-state index contributed by atoms with van der Waals surface area (Å²) < 4.78 is 10.4. The molecular formula is C14H17N3O2. The Morgan fingerprint density at radius 2 is 2.32 bits per heavy atom. The van der Waals surface area contributed by atoms with Gasteiger partial charge in [0, 0.05) is 25.8 Å². The molecule has 0 radical (unpaired) electrons. The zero-order valence-corrected chi connectivity index (χ0v) is 10.9. The molecule has 0 spiro atoms. The number of fused-ring (bicyclic) bond motifs is 1. The van der Waals surface area contributed by atoms with Crippen molar-refractivity contribution in [3.8, 4) is 0 Å². The second kappa shape index (κ2) is 5.40. The third-order valence-electron chi connectivity index (χ3n) is 3.39. The smallest absolute Gasteiger partial charge is 0.231 e. The highest BCUT2D eigenvalue weighted by Gasteiger charge is 2.24. The SMILES string of the molecule is COCCc1noc(C2CNc3ccccc3C2)n1. The number of para-hydroxylation sites is 1. The molecule has 1 N–H and O–H groups in total. The number of nitrogens with zero attached hydrogens (tertiary/aromatic N) is 2. The largest absolute Gasteiger partial charge is 0.384 e. The number of ether oxygens (including phenoxy) is 1. The van der Waals surface area contributed by atoms with Gasteiger partial charge in [0.05, 0.1) is 12.5 Å². The molecule has 5 nitrogen and oxygen atoms in total. The van der Waals surface area contributed by atoms with Gasteiger partial charge in [-0.25, -0.2) is 0 Å². The molecule has 1 aromatic carbocycles. The summed E-state index contributed by atoms with van der Waals surface area (Å²) in [7, 11) is 1.67. The minimum atomic E-state index is 0.249. The summed E-state index contributed by atoms with van der Waals surface area (Å²) in [4.78, 5) is 4.45. The van der Waals surface area contributed by atoms with Gasteiger partial charge in [-0.05, 0) is 18.1 Å². The van der Waals surface area contributed by atoms with Crippen molar-refractivity contribution in [2.75, 3.05) is 25.6 Å². The maximum atomic E-state index is 5.36. The molecule has 5 heteroatoms. The number of hydrogen-bond acceptors (Lipinski definition) is 5. The zero-order valence-electron chi connectivity index (χ0n) is 10.9. The van der Waals surface area contributed by atoms with Crippen LogP contribution in [-0.2, 0) is 17.6 Å². The van der Waals surface area contributed by atoms with E-state index in [-0.39, 0.29) is 5.92 Å². The molecule has 1 unspecified atom stereocenters. The summed E-state index contributed by atoms with van der Waals surface area (Å²) in [5.74, 6) is 1.68. The molecule has 0 amide bonds. The van der Waals surface area contributed by atoms with Crippen LogP contribution >= 0.6 is 0 Å². The van der Waals surface area contributed by atoms with E-state index in [0.717, 1.165) is 18.8 Å². The van der Waals surface area contributed by atoms with Gasteiger partial charge in [0.1, 0.15) is 0 Å². The van der Waals surface area contributed by atoms with Crippen LogP contribution in [0.4, 0.5) is 5.69 Å². The molecule has 1 aromatic heterocycles. The topological polar surface area (TPSA) is 60.2 Å². The fourth-order valence-electron chi connectivity index (χ4n) is 2.34. The second-order valence-electron chi connectivity index (χ2n) is 4.73. The molecule has 0 aliphatic carbocycles. The van der Waals surface area contributed by atoms with Crippen LogP contribution in [0.25, 0.3) is 0 Å². The minimum absolute atomic E-state index is 0.249. The summed E-state index contributed by atoms with van der Waals surface area (Å²) >= 11 is 0. The van der Waals surface area contributed by atoms with Crippen LogP contribution in [-0.4, -0.2) is 30.4 Å². The van der Waals surface area contributed by atoms with E-state index in [2.05, 4.69) is 33.7 Å². The van der Waals surface area contributed by atoms with Crippen LogP contribution in [0, 0.1) is 0 Å². The van der Waals surface area contributed by atoms with Crippen LogP contribution in [0.3, 0.4) is 0 Å². The lowest BCUT2D eigenvalue weighted by molar-refractivity contribution is 0.199. The van der Waals surface area contributed by atoms with Crippen molar-refractivity contribution in [1.29, 1.82) is 0 Å². The van der Waals surface area contributed by atoms with Crippen molar-refractivity contribution >= 4 is 5.69 Å². The lowest BCUT2D eigenvalue weighted by Crippen LogP contribution is -2.21. The van der Waals surface area contributed by atoms with Gasteiger partial charge >= 0.3 is 0 Å². The maximum Gasteiger partial charge on any atom is 0.231 e. The van der Waals surface area contributed by atoms with E-state index in [1.807, 2.05) is 6.07 Å². The van der Waals surface area contributed by atoms with Crippen LogP contribution in [0.1, 0.15) is 23.2 Å². The highest BCUT2D eigenvalue weighted by Crippen LogP contribution is 2.29.